The molecule has 0 amide bonds. The van der Waals surface area contributed by atoms with Crippen molar-refractivity contribution < 1.29 is 37.6 Å². The van der Waals surface area contributed by atoms with E-state index in [1.807, 2.05) is 0 Å². The molecule has 0 rings (SSSR count). The van der Waals surface area contributed by atoms with Crippen LogP contribution in [0.15, 0.2) is 12.2 Å². The lowest BCUT2D eigenvalue weighted by molar-refractivity contribution is -0.161. The quantitative estimate of drug-likeness (QED) is 0.0265. The summed E-state index contributed by atoms with van der Waals surface area (Å²) < 4.78 is 33.0. The molecule has 0 aliphatic carbocycles. The van der Waals surface area contributed by atoms with Gasteiger partial charge >= 0.3 is 19.8 Å². The van der Waals surface area contributed by atoms with E-state index >= 15 is 0 Å². The molecule has 2 atom stereocenters. The van der Waals surface area contributed by atoms with Crippen LogP contribution in [0.1, 0.15) is 271 Å². The number of ether oxygens (including phenoxy) is 2. The zero-order valence-corrected chi connectivity index (χ0v) is 41.1. The van der Waals surface area contributed by atoms with Gasteiger partial charge in [-0.05, 0) is 38.5 Å². The Morgan fingerprint density at radius 1 is 0.475 bits per heavy atom. The third kappa shape index (κ3) is 48.1. The summed E-state index contributed by atoms with van der Waals surface area (Å²) in [6.45, 7) is 3.79. The summed E-state index contributed by atoms with van der Waals surface area (Å²) in [6, 6.07) is 0. The van der Waals surface area contributed by atoms with E-state index < -0.39 is 26.5 Å². The lowest BCUT2D eigenvalue weighted by Crippen LogP contribution is -2.29. The van der Waals surface area contributed by atoms with E-state index in [1.54, 1.807) is 0 Å². The third-order valence-electron chi connectivity index (χ3n) is 11.7. The summed E-state index contributed by atoms with van der Waals surface area (Å²) in [4.78, 5) is 35.1. The Hall–Kier alpha value is -1.25. The molecule has 0 aromatic carbocycles. The molecular formula is C51H100NO8P. The summed E-state index contributed by atoms with van der Waals surface area (Å²) >= 11 is 0. The maximum absolute atomic E-state index is 12.7. The molecule has 0 aliphatic heterocycles. The van der Waals surface area contributed by atoms with Gasteiger partial charge in [-0.2, -0.15) is 0 Å². The minimum Gasteiger partial charge on any atom is -0.462 e. The van der Waals surface area contributed by atoms with Crippen LogP contribution in [0.4, 0.5) is 0 Å². The van der Waals surface area contributed by atoms with Gasteiger partial charge in [-0.15, -0.1) is 0 Å². The van der Waals surface area contributed by atoms with E-state index in [4.69, 9.17) is 24.3 Å². The highest BCUT2D eigenvalue weighted by Crippen LogP contribution is 2.43. The van der Waals surface area contributed by atoms with Gasteiger partial charge in [-0.3, -0.25) is 18.6 Å². The Morgan fingerprint density at radius 2 is 0.803 bits per heavy atom. The molecule has 0 aromatic heterocycles. The summed E-state index contributed by atoms with van der Waals surface area (Å²) in [5.74, 6) is -0.811. The fourth-order valence-electron chi connectivity index (χ4n) is 7.75. The molecule has 0 aromatic rings. The van der Waals surface area contributed by atoms with Crippen LogP contribution in [0, 0.1) is 0 Å². The number of hydrogen-bond donors (Lipinski definition) is 2. The average molecular weight is 886 g/mol. The Kier molecular flexibility index (Phi) is 47.2. The Bertz CT molecular complexity index is 1010. The average Bonchev–Trinajstić information content (AvgIpc) is 3.25. The number of rotatable bonds is 50. The van der Waals surface area contributed by atoms with Crippen LogP contribution in [0.5, 0.6) is 0 Å². The fraction of sp³-hybridized carbons (Fsp3) is 0.922. The zero-order chi connectivity index (χ0) is 44.6. The SMILES string of the molecule is CCCCCCCC/C=C/CCCCCCCCCCCCCC(=O)OC[C@H](COP(=O)(O)OCCN)OC(=O)CCCCCCCCCCCCCCCCCCCCC. The number of esters is 2. The lowest BCUT2D eigenvalue weighted by atomic mass is 10.0. The van der Waals surface area contributed by atoms with Gasteiger partial charge in [0.1, 0.15) is 6.61 Å². The van der Waals surface area contributed by atoms with Crippen molar-refractivity contribution >= 4 is 19.8 Å². The number of carbonyl (C=O) groups excluding carboxylic acids is 2. The molecule has 0 spiro atoms. The van der Waals surface area contributed by atoms with Gasteiger partial charge in [-0.1, -0.05) is 231 Å². The van der Waals surface area contributed by atoms with Crippen LogP contribution in [0.3, 0.4) is 0 Å². The van der Waals surface area contributed by atoms with E-state index in [0.29, 0.717) is 6.42 Å². The van der Waals surface area contributed by atoms with Crippen molar-refractivity contribution in [2.45, 2.75) is 277 Å². The van der Waals surface area contributed by atoms with Gasteiger partial charge in [0, 0.05) is 19.4 Å². The number of phosphoric acid groups is 1. The Balaban J connectivity index is 3.99. The molecule has 0 heterocycles. The zero-order valence-electron chi connectivity index (χ0n) is 40.2. The predicted octanol–water partition coefficient (Wildman–Crippen LogP) is 15.7. The molecule has 0 bridgehead atoms. The molecule has 10 heteroatoms. The largest absolute Gasteiger partial charge is 0.472 e. The van der Waals surface area contributed by atoms with Crippen LogP contribution in [-0.2, 0) is 32.7 Å². The van der Waals surface area contributed by atoms with Crippen molar-refractivity contribution in [3.05, 3.63) is 12.2 Å². The van der Waals surface area contributed by atoms with Crippen molar-refractivity contribution in [1.29, 1.82) is 0 Å². The number of allylic oxidation sites excluding steroid dienone is 2. The van der Waals surface area contributed by atoms with Crippen molar-refractivity contribution in [3.63, 3.8) is 0 Å². The Labute approximate surface area is 377 Å². The molecule has 3 N–H and O–H groups in total. The van der Waals surface area contributed by atoms with Gasteiger partial charge in [0.15, 0.2) is 6.10 Å². The molecular weight excluding hydrogens is 786 g/mol. The molecule has 0 aliphatic rings. The maximum atomic E-state index is 12.7. The number of nitrogens with two attached hydrogens (primary N) is 1. The van der Waals surface area contributed by atoms with Crippen LogP contribution >= 0.6 is 7.82 Å². The molecule has 9 nitrogen and oxygen atoms in total. The van der Waals surface area contributed by atoms with Crippen molar-refractivity contribution in [2.24, 2.45) is 5.73 Å². The molecule has 0 saturated heterocycles. The molecule has 362 valence electrons. The van der Waals surface area contributed by atoms with Crippen molar-refractivity contribution in [1.82, 2.24) is 0 Å². The first-order valence-corrected chi connectivity index (χ1v) is 27.7. The summed E-state index contributed by atoms with van der Waals surface area (Å²) in [5, 5.41) is 0. The molecule has 1 unspecified atom stereocenters. The monoisotopic (exact) mass is 886 g/mol. The fourth-order valence-corrected chi connectivity index (χ4v) is 8.52. The number of unbranched alkanes of at least 4 members (excludes halogenated alkanes) is 35. The molecule has 0 saturated carbocycles. The second-order valence-electron chi connectivity index (χ2n) is 17.8. The second kappa shape index (κ2) is 48.2. The van der Waals surface area contributed by atoms with E-state index in [-0.39, 0.29) is 38.6 Å². The number of hydrogen-bond acceptors (Lipinski definition) is 8. The van der Waals surface area contributed by atoms with Crippen molar-refractivity contribution in [3.8, 4) is 0 Å². The van der Waals surface area contributed by atoms with E-state index in [2.05, 4.69) is 26.0 Å². The first-order chi connectivity index (χ1) is 29.8. The number of phosphoric ester groups is 1. The van der Waals surface area contributed by atoms with Gasteiger partial charge in [0.25, 0.3) is 0 Å². The van der Waals surface area contributed by atoms with Crippen LogP contribution in [-0.4, -0.2) is 49.3 Å². The van der Waals surface area contributed by atoms with E-state index in [0.717, 1.165) is 32.1 Å². The lowest BCUT2D eigenvalue weighted by Gasteiger charge is -2.19. The first-order valence-electron chi connectivity index (χ1n) is 26.2. The highest BCUT2D eigenvalue weighted by molar-refractivity contribution is 7.47. The standard InChI is InChI=1S/C51H100NO8P/c1-3-5-7-9-11-13-15-17-19-21-23-24-26-27-29-31-33-35-37-39-41-43-50(53)57-47-49(48-59-61(55,56)58-46-45-52)60-51(54)44-42-40-38-36-34-32-30-28-25-22-20-18-16-14-12-10-8-6-4-2/h17,19,49H,3-16,18,20-48,52H2,1-2H3,(H,55,56)/b19-17+/t49-/m1/s1. The maximum Gasteiger partial charge on any atom is 0.472 e. The second-order valence-corrected chi connectivity index (χ2v) is 19.2. The minimum absolute atomic E-state index is 0.0568. The van der Waals surface area contributed by atoms with Gasteiger partial charge in [-0.25, -0.2) is 4.57 Å². The normalized spacial score (nSPS) is 13.2. The molecule has 0 radical (unpaired) electrons. The minimum atomic E-state index is -4.38. The highest BCUT2D eigenvalue weighted by Gasteiger charge is 2.26. The van der Waals surface area contributed by atoms with Gasteiger partial charge < -0.3 is 20.1 Å². The van der Waals surface area contributed by atoms with E-state index in [9.17, 15) is 19.0 Å². The summed E-state index contributed by atoms with van der Waals surface area (Å²) in [6.07, 6.45) is 52.5. The smallest absolute Gasteiger partial charge is 0.462 e. The Morgan fingerprint density at radius 3 is 1.16 bits per heavy atom. The third-order valence-corrected chi connectivity index (χ3v) is 12.6. The predicted molar refractivity (Wildman–Crippen MR) is 257 cm³/mol. The molecule has 61 heavy (non-hydrogen) atoms. The van der Waals surface area contributed by atoms with Gasteiger partial charge in [0.2, 0.25) is 0 Å². The van der Waals surface area contributed by atoms with Crippen LogP contribution < -0.4 is 5.73 Å². The first kappa shape index (κ1) is 59.8. The van der Waals surface area contributed by atoms with E-state index in [1.165, 1.54) is 205 Å². The van der Waals surface area contributed by atoms with Gasteiger partial charge in [0.05, 0.1) is 13.2 Å². The molecule has 0 fully saturated rings. The van der Waals surface area contributed by atoms with Crippen molar-refractivity contribution in [2.75, 3.05) is 26.4 Å². The summed E-state index contributed by atoms with van der Waals surface area (Å²) in [7, 11) is -4.38. The highest BCUT2D eigenvalue weighted by atomic mass is 31.2. The van der Waals surface area contributed by atoms with Crippen LogP contribution in [0.25, 0.3) is 0 Å². The number of carbonyl (C=O) groups is 2. The summed E-state index contributed by atoms with van der Waals surface area (Å²) in [5.41, 5.74) is 5.37. The topological polar surface area (TPSA) is 134 Å². The van der Waals surface area contributed by atoms with Crippen LogP contribution in [0.2, 0.25) is 0 Å².